The number of carbonyl (C=O) groups is 3. The van der Waals surface area contributed by atoms with Crippen molar-refractivity contribution in [1.29, 1.82) is 0 Å². The van der Waals surface area contributed by atoms with Gasteiger partial charge in [-0.25, -0.2) is 0 Å². The van der Waals surface area contributed by atoms with Gasteiger partial charge in [0.15, 0.2) is 0 Å². The van der Waals surface area contributed by atoms with Gasteiger partial charge in [0, 0.05) is 33.1 Å². The fourth-order valence-electron chi connectivity index (χ4n) is 1.53. The molecule has 7 nitrogen and oxygen atoms in total. The molecule has 1 rings (SSSR count). The minimum absolute atomic E-state index is 0.0534. The molecule has 7 heteroatoms. The van der Waals surface area contributed by atoms with Crippen molar-refractivity contribution in [3.63, 3.8) is 0 Å². The number of carbonyl (C=O) groups excluding carboxylic acids is 3. The highest BCUT2D eigenvalue weighted by molar-refractivity contribution is 5.81. The maximum atomic E-state index is 11.5. The highest BCUT2D eigenvalue weighted by atomic mass is 16.2. The minimum Gasteiger partial charge on any atom is -0.355 e. The van der Waals surface area contributed by atoms with Crippen LogP contribution < -0.4 is 16.0 Å². The van der Waals surface area contributed by atoms with Gasteiger partial charge in [0.25, 0.3) is 0 Å². The standard InChI is InChI=1S/C10H18N4O3/c1-8(15)11-2-3-12-9(16)6-14-5-4-13-10(17)7-14/h2-7H2,1H3,(H,11,15)(H,12,16)(H,13,17). The second-order valence-corrected chi connectivity index (χ2v) is 3.89. The molecule has 96 valence electrons. The third-order valence-corrected chi connectivity index (χ3v) is 2.31. The van der Waals surface area contributed by atoms with E-state index in [9.17, 15) is 14.4 Å². The lowest BCUT2D eigenvalue weighted by molar-refractivity contribution is -0.127. The Morgan fingerprint density at radius 1 is 1.35 bits per heavy atom. The molecule has 3 N–H and O–H groups in total. The van der Waals surface area contributed by atoms with Gasteiger partial charge in [-0.15, -0.1) is 0 Å². The molecule has 0 aliphatic carbocycles. The van der Waals surface area contributed by atoms with E-state index in [4.69, 9.17) is 0 Å². The average Bonchev–Trinajstić information content (AvgIpc) is 2.24. The van der Waals surface area contributed by atoms with Crippen LogP contribution in [-0.2, 0) is 14.4 Å². The number of rotatable bonds is 5. The lowest BCUT2D eigenvalue weighted by Gasteiger charge is -2.25. The summed E-state index contributed by atoms with van der Waals surface area (Å²) in [5.41, 5.74) is 0. The second kappa shape index (κ2) is 6.85. The lowest BCUT2D eigenvalue weighted by atomic mass is 10.3. The number of nitrogens with zero attached hydrogens (tertiary/aromatic N) is 1. The Bertz CT molecular complexity index is 306. The first-order valence-electron chi connectivity index (χ1n) is 5.58. The Labute approximate surface area is 99.9 Å². The van der Waals surface area contributed by atoms with Gasteiger partial charge in [0.2, 0.25) is 17.7 Å². The van der Waals surface area contributed by atoms with E-state index in [2.05, 4.69) is 16.0 Å². The van der Waals surface area contributed by atoms with E-state index >= 15 is 0 Å². The van der Waals surface area contributed by atoms with Crippen LogP contribution in [-0.4, -0.2) is 61.9 Å². The van der Waals surface area contributed by atoms with Crippen LogP contribution in [0.3, 0.4) is 0 Å². The first-order chi connectivity index (χ1) is 8.08. The zero-order valence-corrected chi connectivity index (χ0v) is 9.91. The maximum Gasteiger partial charge on any atom is 0.234 e. The number of hydrogen-bond donors (Lipinski definition) is 3. The molecule has 1 aliphatic rings. The van der Waals surface area contributed by atoms with E-state index < -0.39 is 0 Å². The Hall–Kier alpha value is -1.63. The fraction of sp³-hybridized carbons (Fsp3) is 0.700. The van der Waals surface area contributed by atoms with Crippen molar-refractivity contribution < 1.29 is 14.4 Å². The summed E-state index contributed by atoms with van der Waals surface area (Å²) in [6.45, 7) is 3.99. The van der Waals surface area contributed by atoms with Gasteiger partial charge in [-0.3, -0.25) is 19.3 Å². The molecular formula is C10H18N4O3. The van der Waals surface area contributed by atoms with Crippen molar-refractivity contribution >= 4 is 17.7 Å². The first-order valence-corrected chi connectivity index (χ1v) is 5.58. The van der Waals surface area contributed by atoms with E-state index in [1.54, 1.807) is 4.90 Å². The van der Waals surface area contributed by atoms with Gasteiger partial charge in [-0.2, -0.15) is 0 Å². The smallest absolute Gasteiger partial charge is 0.234 e. The maximum absolute atomic E-state index is 11.5. The van der Waals surface area contributed by atoms with Crippen molar-refractivity contribution in [1.82, 2.24) is 20.9 Å². The molecule has 1 aliphatic heterocycles. The molecule has 0 radical (unpaired) electrons. The number of amides is 3. The van der Waals surface area contributed by atoms with Crippen LogP contribution in [0.4, 0.5) is 0 Å². The van der Waals surface area contributed by atoms with E-state index in [-0.39, 0.29) is 30.8 Å². The number of nitrogens with one attached hydrogen (secondary N) is 3. The first kappa shape index (κ1) is 13.4. The van der Waals surface area contributed by atoms with Crippen LogP contribution in [0.1, 0.15) is 6.92 Å². The third-order valence-electron chi connectivity index (χ3n) is 2.31. The molecule has 0 saturated carbocycles. The zero-order valence-electron chi connectivity index (χ0n) is 9.91. The molecule has 0 aromatic carbocycles. The van der Waals surface area contributed by atoms with Crippen molar-refractivity contribution in [2.75, 3.05) is 39.3 Å². The molecule has 0 atom stereocenters. The predicted molar refractivity (Wildman–Crippen MR) is 61.1 cm³/mol. The molecule has 0 spiro atoms. The summed E-state index contributed by atoms with van der Waals surface area (Å²) in [5, 5.41) is 7.94. The Morgan fingerprint density at radius 2 is 2.06 bits per heavy atom. The highest BCUT2D eigenvalue weighted by Gasteiger charge is 2.17. The SMILES string of the molecule is CC(=O)NCCNC(=O)CN1CCNC(=O)C1. The third kappa shape index (κ3) is 5.86. The van der Waals surface area contributed by atoms with Gasteiger partial charge in [0.1, 0.15) is 0 Å². The van der Waals surface area contributed by atoms with Crippen molar-refractivity contribution in [2.45, 2.75) is 6.92 Å². The van der Waals surface area contributed by atoms with Gasteiger partial charge < -0.3 is 16.0 Å². The number of hydrogen-bond acceptors (Lipinski definition) is 4. The molecule has 0 unspecified atom stereocenters. The topological polar surface area (TPSA) is 90.5 Å². The van der Waals surface area contributed by atoms with E-state index in [0.29, 0.717) is 26.2 Å². The van der Waals surface area contributed by atoms with Crippen LogP contribution in [0.15, 0.2) is 0 Å². The molecule has 1 heterocycles. The Morgan fingerprint density at radius 3 is 2.71 bits per heavy atom. The molecule has 0 bridgehead atoms. The molecule has 3 amide bonds. The normalized spacial score (nSPS) is 16.2. The van der Waals surface area contributed by atoms with Crippen LogP contribution in [0.25, 0.3) is 0 Å². The molecule has 1 saturated heterocycles. The second-order valence-electron chi connectivity index (χ2n) is 3.89. The summed E-state index contributed by atoms with van der Waals surface area (Å²) in [7, 11) is 0. The largest absolute Gasteiger partial charge is 0.355 e. The summed E-state index contributed by atoms with van der Waals surface area (Å²) in [5.74, 6) is -0.306. The van der Waals surface area contributed by atoms with Crippen LogP contribution in [0, 0.1) is 0 Å². The van der Waals surface area contributed by atoms with Gasteiger partial charge >= 0.3 is 0 Å². The van der Waals surface area contributed by atoms with Crippen LogP contribution >= 0.6 is 0 Å². The summed E-state index contributed by atoms with van der Waals surface area (Å²) < 4.78 is 0. The summed E-state index contributed by atoms with van der Waals surface area (Å²) >= 11 is 0. The van der Waals surface area contributed by atoms with Crippen LogP contribution in [0.5, 0.6) is 0 Å². The summed E-state index contributed by atoms with van der Waals surface area (Å²) in [4.78, 5) is 34.9. The quantitative estimate of drug-likeness (QED) is 0.472. The van der Waals surface area contributed by atoms with E-state index in [0.717, 1.165) is 0 Å². The van der Waals surface area contributed by atoms with Crippen molar-refractivity contribution in [3.05, 3.63) is 0 Å². The Kier molecular flexibility index (Phi) is 5.41. The lowest BCUT2D eigenvalue weighted by Crippen LogP contribution is -2.51. The molecule has 1 fully saturated rings. The number of piperazine rings is 1. The summed E-state index contributed by atoms with van der Waals surface area (Å²) in [6.07, 6.45) is 0. The fourth-order valence-corrected chi connectivity index (χ4v) is 1.53. The highest BCUT2D eigenvalue weighted by Crippen LogP contribution is 1.92. The molecule has 0 aromatic rings. The minimum atomic E-state index is -0.134. The van der Waals surface area contributed by atoms with Gasteiger partial charge in [0.05, 0.1) is 13.1 Å². The van der Waals surface area contributed by atoms with Gasteiger partial charge in [-0.1, -0.05) is 0 Å². The molecule has 0 aromatic heterocycles. The monoisotopic (exact) mass is 242 g/mol. The summed E-state index contributed by atoms with van der Waals surface area (Å²) in [6, 6.07) is 0. The molecule has 17 heavy (non-hydrogen) atoms. The molecular weight excluding hydrogens is 224 g/mol. The van der Waals surface area contributed by atoms with E-state index in [1.807, 2.05) is 0 Å². The van der Waals surface area contributed by atoms with Crippen molar-refractivity contribution in [2.24, 2.45) is 0 Å². The Balaban J connectivity index is 2.11. The average molecular weight is 242 g/mol. The van der Waals surface area contributed by atoms with E-state index in [1.165, 1.54) is 6.92 Å². The predicted octanol–water partition coefficient (Wildman–Crippen LogP) is -2.33. The van der Waals surface area contributed by atoms with Gasteiger partial charge in [-0.05, 0) is 0 Å². The van der Waals surface area contributed by atoms with Crippen molar-refractivity contribution in [3.8, 4) is 0 Å². The van der Waals surface area contributed by atoms with Crippen LogP contribution in [0.2, 0.25) is 0 Å². The zero-order chi connectivity index (χ0) is 12.7.